The summed E-state index contributed by atoms with van der Waals surface area (Å²) < 4.78 is 33.3. The number of ether oxygens (including phenoxy) is 2. The lowest BCUT2D eigenvalue weighted by Crippen LogP contribution is -2.29. The maximum atomic E-state index is 12.8. The molecule has 530 valence electrons. The van der Waals surface area contributed by atoms with Crippen molar-refractivity contribution in [3.8, 4) is 0 Å². The number of rotatable bonds is 74. The fourth-order valence-electron chi connectivity index (χ4n) is 11.5. The van der Waals surface area contributed by atoms with Gasteiger partial charge < -0.3 is 20.1 Å². The first-order valence-electron chi connectivity index (χ1n) is 39.1. The summed E-state index contributed by atoms with van der Waals surface area (Å²) in [5.41, 5.74) is 5.41. The number of carbonyl (C=O) groups is 2. The second-order valence-corrected chi connectivity index (χ2v) is 27.7. The molecule has 0 aliphatic rings. The van der Waals surface area contributed by atoms with Gasteiger partial charge >= 0.3 is 19.8 Å². The van der Waals surface area contributed by atoms with E-state index in [-0.39, 0.29) is 38.6 Å². The van der Waals surface area contributed by atoms with Crippen LogP contribution in [0.5, 0.6) is 0 Å². The first kappa shape index (κ1) is 88.2. The minimum atomic E-state index is -4.40. The van der Waals surface area contributed by atoms with E-state index in [0.717, 1.165) is 70.6 Å². The SMILES string of the molecule is CC/C=C\C/C=C\C/C=C\C/C=C\C/C=C\CCCCCCCCCCCCCCCCCCCCCC(=O)OC(COC(=O)CCCCCCCCCCCCCCCCCCCCCCCCC/C=C\C/C=C\CCCCCCC)COP(=O)(O)OCCN. The predicted molar refractivity (Wildman–Crippen MR) is 395 cm³/mol. The van der Waals surface area contributed by atoms with Crippen LogP contribution < -0.4 is 5.73 Å². The van der Waals surface area contributed by atoms with Crippen LogP contribution in [0.15, 0.2) is 85.1 Å². The molecule has 9 nitrogen and oxygen atoms in total. The average Bonchev–Trinajstić information content (AvgIpc) is 3.68. The third kappa shape index (κ3) is 76.1. The van der Waals surface area contributed by atoms with Crippen molar-refractivity contribution >= 4 is 19.8 Å². The topological polar surface area (TPSA) is 134 Å². The van der Waals surface area contributed by atoms with E-state index >= 15 is 0 Å². The number of carbonyl (C=O) groups excluding carboxylic acids is 2. The lowest BCUT2D eigenvalue weighted by Gasteiger charge is -2.19. The van der Waals surface area contributed by atoms with Crippen LogP contribution in [0.4, 0.5) is 0 Å². The Labute approximate surface area is 564 Å². The highest BCUT2D eigenvalue weighted by molar-refractivity contribution is 7.47. The van der Waals surface area contributed by atoms with Crippen LogP contribution in [0.3, 0.4) is 0 Å². The number of phosphoric ester groups is 1. The summed E-state index contributed by atoms with van der Waals surface area (Å²) in [6, 6.07) is 0. The Morgan fingerprint density at radius 2 is 0.604 bits per heavy atom. The number of phosphoric acid groups is 1. The van der Waals surface area contributed by atoms with Gasteiger partial charge in [-0.1, -0.05) is 369 Å². The highest BCUT2D eigenvalue weighted by Gasteiger charge is 2.26. The van der Waals surface area contributed by atoms with Gasteiger partial charge in [0, 0.05) is 19.4 Å². The van der Waals surface area contributed by atoms with Crippen LogP contribution in [0, 0.1) is 0 Å². The quantitative estimate of drug-likeness (QED) is 0.0264. The van der Waals surface area contributed by atoms with Crippen LogP contribution >= 0.6 is 7.82 Å². The van der Waals surface area contributed by atoms with Crippen LogP contribution in [0.1, 0.15) is 386 Å². The predicted octanol–water partition coefficient (Wildman–Crippen LogP) is 26.1. The smallest absolute Gasteiger partial charge is 0.462 e. The van der Waals surface area contributed by atoms with Crippen molar-refractivity contribution in [3.63, 3.8) is 0 Å². The highest BCUT2D eigenvalue weighted by atomic mass is 31.2. The molecule has 0 radical (unpaired) electrons. The average molecular weight is 1300 g/mol. The summed E-state index contributed by atoms with van der Waals surface area (Å²) in [5.74, 6) is -0.808. The molecule has 2 atom stereocenters. The molecule has 0 saturated carbocycles. The number of allylic oxidation sites excluding steroid dienone is 14. The fourth-order valence-corrected chi connectivity index (χ4v) is 12.3. The number of hydrogen-bond donors (Lipinski definition) is 2. The molecule has 0 aliphatic heterocycles. The van der Waals surface area contributed by atoms with Crippen molar-refractivity contribution in [2.45, 2.75) is 392 Å². The third-order valence-corrected chi connectivity index (χ3v) is 18.2. The molecule has 0 fully saturated rings. The molecule has 0 saturated heterocycles. The second kappa shape index (κ2) is 76.2. The van der Waals surface area contributed by atoms with E-state index in [1.165, 1.54) is 283 Å². The molecule has 0 rings (SSSR count). The number of nitrogens with two attached hydrogens (primary N) is 1. The van der Waals surface area contributed by atoms with Gasteiger partial charge in [-0.3, -0.25) is 18.6 Å². The summed E-state index contributed by atoms with van der Waals surface area (Å²) in [7, 11) is -4.40. The van der Waals surface area contributed by atoms with E-state index in [4.69, 9.17) is 24.3 Å². The monoisotopic (exact) mass is 1290 g/mol. The molecule has 2 unspecified atom stereocenters. The minimum absolute atomic E-state index is 0.0539. The maximum Gasteiger partial charge on any atom is 0.472 e. The van der Waals surface area contributed by atoms with Gasteiger partial charge in [0.15, 0.2) is 6.10 Å². The Hall–Kier alpha value is -2.81. The van der Waals surface area contributed by atoms with E-state index in [2.05, 4.69) is 98.9 Å². The Kier molecular flexibility index (Phi) is 73.9. The van der Waals surface area contributed by atoms with Gasteiger partial charge in [0.25, 0.3) is 0 Å². The van der Waals surface area contributed by atoms with E-state index in [1.807, 2.05) is 0 Å². The molecular weight excluding hydrogens is 1150 g/mol. The first-order valence-corrected chi connectivity index (χ1v) is 40.6. The molecule has 0 aromatic rings. The lowest BCUT2D eigenvalue weighted by atomic mass is 10.0. The zero-order valence-corrected chi connectivity index (χ0v) is 60.7. The number of esters is 2. The zero-order valence-electron chi connectivity index (χ0n) is 59.8. The summed E-state index contributed by atoms with van der Waals surface area (Å²) in [6.45, 7) is 3.68. The molecule has 0 aromatic carbocycles. The van der Waals surface area contributed by atoms with Crippen molar-refractivity contribution in [2.75, 3.05) is 26.4 Å². The van der Waals surface area contributed by atoms with Crippen molar-refractivity contribution in [3.05, 3.63) is 85.1 Å². The van der Waals surface area contributed by atoms with Crippen LogP contribution in [-0.4, -0.2) is 49.3 Å². The van der Waals surface area contributed by atoms with Gasteiger partial charge in [-0.25, -0.2) is 4.57 Å². The molecular formula is C81H148NO8P. The number of hydrogen-bond acceptors (Lipinski definition) is 8. The Morgan fingerprint density at radius 3 is 0.901 bits per heavy atom. The van der Waals surface area contributed by atoms with E-state index < -0.39 is 26.5 Å². The maximum absolute atomic E-state index is 12.8. The van der Waals surface area contributed by atoms with Gasteiger partial charge in [0.1, 0.15) is 6.61 Å². The summed E-state index contributed by atoms with van der Waals surface area (Å²) >= 11 is 0. The van der Waals surface area contributed by atoms with Gasteiger partial charge in [-0.05, 0) is 89.9 Å². The normalized spacial score (nSPS) is 13.3. The standard InChI is InChI=1S/C81H148NO8P/c1-3-5-7-9-11-13-15-17-19-21-23-25-27-29-31-33-35-37-39-41-43-45-47-49-51-53-55-57-59-61-63-65-67-69-71-73-80(83)87-77-79(78-89-91(85,86)88-76-75-82)90-81(84)74-72-70-68-66-64-62-60-58-56-54-52-50-48-46-44-42-40-38-36-34-32-30-28-26-24-22-20-18-16-14-12-10-8-6-4-2/h6,8,12,14-15,17-18,20-21,23-24,26,30,32,79H,3-5,7,9-11,13,16,19,22,25,27-29,31,33-78,82H2,1-2H3,(H,85,86)/b8-6-,14-12-,17-15-,20-18-,23-21-,26-24-,32-30-. The Morgan fingerprint density at radius 1 is 0.341 bits per heavy atom. The highest BCUT2D eigenvalue weighted by Crippen LogP contribution is 2.43. The molecule has 3 N–H and O–H groups in total. The van der Waals surface area contributed by atoms with Crippen molar-refractivity contribution in [1.82, 2.24) is 0 Å². The summed E-state index contributed by atoms with van der Waals surface area (Å²) in [6.07, 6.45) is 103. The Bertz CT molecular complexity index is 1770. The summed E-state index contributed by atoms with van der Waals surface area (Å²) in [4.78, 5) is 35.5. The Balaban J connectivity index is 3.78. The molecule has 0 amide bonds. The first-order chi connectivity index (χ1) is 44.8. The van der Waals surface area contributed by atoms with Gasteiger partial charge in [-0.15, -0.1) is 0 Å². The lowest BCUT2D eigenvalue weighted by molar-refractivity contribution is -0.161. The second-order valence-electron chi connectivity index (χ2n) is 26.2. The fraction of sp³-hybridized carbons (Fsp3) is 0.802. The van der Waals surface area contributed by atoms with Crippen molar-refractivity contribution in [2.24, 2.45) is 5.73 Å². The summed E-state index contributed by atoms with van der Waals surface area (Å²) in [5, 5.41) is 0. The molecule has 0 aromatic heterocycles. The molecule has 0 aliphatic carbocycles. The van der Waals surface area contributed by atoms with Crippen LogP contribution in [0.2, 0.25) is 0 Å². The molecule has 0 bridgehead atoms. The minimum Gasteiger partial charge on any atom is -0.462 e. The molecule has 10 heteroatoms. The van der Waals surface area contributed by atoms with Crippen molar-refractivity contribution < 1.29 is 37.6 Å². The van der Waals surface area contributed by atoms with Crippen LogP contribution in [-0.2, 0) is 32.7 Å². The van der Waals surface area contributed by atoms with Gasteiger partial charge in [-0.2, -0.15) is 0 Å². The number of unbranched alkanes of at least 4 members (excludes halogenated alkanes) is 47. The zero-order chi connectivity index (χ0) is 65.8. The van der Waals surface area contributed by atoms with Gasteiger partial charge in [0.05, 0.1) is 13.2 Å². The third-order valence-electron chi connectivity index (χ3n) is 17.3. The largest absolute Gasteiger partial charge is 0.472 e. The van der Waals surface area contributed by atoms with E-state index in [0.29, 0.717) is 6.42 Å². The van der Waals surface area contributed by atoms with E-state index in [9.17, 15) is 19.0 Å². The van der Waals surface area contributed by atoms with Crippen molar-refractivity contribution in [1.29, 1.82) is 0 Å². The molecule has 91 heavy (non-hydrogen) atoms. The molecule has 0 heterocycles. The molecule has 0 spiro atoms. The van der Waals surface area contributed by atoms with Gasteiger partial charge in [0.2, 0.25) is 0 Å². The van der Waals surface area contributed by atoms with Crippen LogP contribution in [0.25, 0.3) is 0 Å². The van der Waals surface area contributed by atoms with E-state index in [1.54, 1.807) is 0 Å².